The van der Waals surface area contributed by atoms with Gasteiger partial charge in [0.05, 0.1) is 22.0 Å². The van der Waals surface area contributed by atoms with Gasteiger partial charge in [-0.05, 0) is 60.5 Å². The molecule has 2 heterocycles. The van der Waals surface area contributed by atoms with Gasteiger partial charge in [-0.25, -0.2) is 9.97 Å². The summed E-state index contributed by atoms with van der Waals surface area (Å²) in [6, 6.07) is 19.2. The zero-order valence-corrected chi connectivity index (χ0v) is 19.3. The average molecular weight is 489 g/mol. The van der Waals surface area contributed by atoms with Crippen LogP contribution in [0.2, 0.25) is 10.0 Å². The van der Waals surface area contributed by atoms with Crippen LogP contribution in [0.1, 0.15) is 26.3 Å². The van der Waals surface area contributed by atoms with Crippen molar-refractivity contribution in [2.75, 3.05) is 16.8 Å². The molecule has 6 nitrogen and oxygen atoms in total. The molecule has 0 saturated carbocycles. The third-order valence-corrected chi connectivity index (χ3v) is 6.22. The van der Waals surface area contributed by atoms with E-state index in [2.05, 4.69) is 15.3 Å². The van der Waals surface area contributed by atoms with Crippen molar-refractivity contribution in [1.29, 1.82) is 0 Å². The molecule has 0 unspecified atom stereocenters. The quantitative estimate of drug-likeness (QED) is 0.389. The number of benzene rings is 3. The number of aromatic nitrogens is 2. The van der Waals surface area contributed by atoms with Crippen LogP contribution in [-0.4, -0.2) is 28.3 Å². The molecule has 34 heavy (non-hydrogen) atoms. The SMILES string of the molecule is O=C(Nc1ccc(C(=O)N2CCc3cncnc3-c3ccccc32)cc1)c1cc(Cl)ccc1Cl. The molecule has 1 N–H and O–H groups in total. The maximum Gasteiger partial charge on any atom is 0.258 e. The highest BCUT2D eigenvalue weighted by Gasteiger charge is 2.25. The monoisotopic (exact) mass is 488 g/mol. The zero-order chi connectivity index (χ0) is 23.7. The summed E-state index contributed by atoms with van der Waals surface area (Å²) in [4.78, 5) is 36.4. The molecule has 0 spiro atoms. The van der Waals surface area contributed by atoms with E-state index in [9.17, 15) is 9.59 Å². The first-order valence-corrected chi connectivity index (χ1v) is 11.3. The average Bonchev–Trinajstić information content (AvgIpc) is 3.03. The summed E-state index contributed by atoms with van der Waals surface area (Å²) in [6.45, 7) is 0.502. The fourth-order valence-corrected chi connectivity index (χ4v) is 4.35. The normalized spacial score (nSPS) is 12.4. The second kappa shape index (κ2) is 9.25. The Morgan fingerprint density at radius 2 is 1.76 bits per heavy atom. The van der Waals surface area contributed by atoms with Crippen molar-refractivity contribution in [2.45, 2.75) is 6.42 Å². The highest BCUT2D eigenvalue weighted by molar-refractivity contribution is 6.36. The largest absolute Gasteiger partial charge is 0.322 e. The molecular weight excluding hydrogens is 471 g/mol. The van der Waals surface area contributed by atoms with E-state index in [1.165, 1.54) is 12.4 Å². The Bertz CT molecular complexity index is 1410. The van der Waals surface area contributed by atoms with E-state index in [0.717, 1.165) is 22.5 Å². The van der Waals surface area contributed by atoms with Crippen LogP contribution in [0.15, 0.2) is 79.3 Å². The number of amides is 2. The molecule has 5 rings (SSSR count). The predicted octanol–water partition coefficient (Wildman–Crippen LogP) is 5.91. The molecule has 2 amide bonds. The van der Waals surface area contributed by atoms with Crippen LogP contribution in [0.25, 0.3) is 11.3 Å². The molecule has 168 valence electrons. The summed E-state index contributed by atoms with van der Waals surface area (Å²) in [6.07, 6.45) is 3.97. The minimum Gasteiger partial charge on any atom is -0.322 e. The van der Waals surface area contributed by atoms with Gasteiger partial charge in [0.25, 0.3) is 11.8 Å². The lowest BCUT2D eigenvalue weighted by molar-refractivity contribution is 0.0986. The van der Waals surface area contributed by atoms with Crippen molar-refractivity contribution in [3.8, 4) is 11.3 Å². The number of nitrogens with one attached hydrogen (secondary N) is 1. The minimum atomic E-state index is -0.383. The first-order chi connectivity index (χ1) is 16.5. The smallest absolute Gasteiger partial charge is 0.258 e. The lowest BCUT2D eigenvalue weighted by atomic mass is 10.1. The van der Waals surface area contributed by atoms with Crippen LogP contribution in [-0.2, 0) is 6.42 Å². The first-order valence-electron chi connectivity index (χ1n) is 10.6. The summed E-state index contributed by atoms with van der Waals surface area (Å²) in [5.74, 6) is -0.518. The third-order valence-electron chi connectivity index (χ3n) is 5.65. The molecule has 1 aliphatic rings. The molecule has 0 aliphatic carbocycles. The number of para-hydroxylation sites is 1. The molecule has 1 aliphatic heterocycles. The van der Waals surface area contributed by atoms with Crippen molar-refractivity contribution < 1.29 is 9.59 Å². The van der Waals surface area contributed by atoms with Crippen LogP contribution in [0.4, 0.5) is 11.4 Å². The number of nitrogens with zero attached hydrogens (tertiary/aromatic N) is 3. The van der Waals surface area contributed by atoms with Crippen molar-refractivity contribution in [2.24, 2.45) is 0 Å². The van der Waals surface area contributed by atoms with Crippen molar-refractivity contribution in [3.05, 3.63) is 106 Å². The molecule has 0 radical (unpaired) electrons. The maximum atomic E-state index is 13.5. The molecule has 8 heteroatoms. The van der Waals surface area contributed by atoms with E-state index in [1.54, 1.807) is 47.5 Å². The lowest BCUT2D eigenvalue weighted by Gasteiger charge is -2.23. The standard InChI is InChI=1S/C26H18Cl2N4O2/c27-18-7-10-22(28)21(13-18)25(33)31-19-8-5-16(6-9-19)26(34)32-12-11-17-14-29-15-30-24(17)20-3-1-2-4-23(20)32/h1-10,13-15H,11-12H2,(H,31,33). The Hall–Kier alpha value is -3.74. The number of hydrogen-bond acceptors (Lipinski definition) is 4. The predicted molar refractivity (Wildman–Crippen MR) is 134 cm³/mol. The highest BCUT2D eigenvalue weighted by atomic mass is 35.5. The minimum absolute atomic E-state index is 0.135. The van der Waals surface area contributed by atoms with E-state index in [0.29, 0.717) is 34.3 Å². The van der Waals surface area contributed by atoms with Crippen LogP contribution in [0.5, 0.6) is 0 Å². The first kappa shape index (κ1) is 22.1. The van der Waals surface area contributed by atoms with E-state index in [4.69, 9.17) is 23.2 Å². The van der Waals surface area contributed by atoms with Gasteiger partial charge in [-0.1, -0.05) is 41.4 Å². The van der Waals surface area contributed by atoms with Gasteiger partial charge in [-0.15, -0.1) is 0 Å². The van der Waals surface area contributed by atoms with E-state index < -0.39 is 0 Å². The molecule has 0 atom stereocenters. The van der Waals surface area contributed by atoms with Gasteiger partial charge < -0.3 is 10.2 Å². The van der Waals surface area contributed by atoms with Crippen LogP contribution < -0.4 is 10.2 Å². The molecule has 3 aromatic carbocycles. The highest BCUT2D eigenvalue weighted by Crippen LogP contribution is 2.35. The van der Waals surface area contributed by atoms with Gasteiger partial charge >= 0.3 is 0 Å². The molecule has 1 aromatic heterocycles. The number of carbonyl (C=O) groups is 2. The summed E-state index contributed by atoms with van der Waals surface area (Å²) >= 11 is 12.1. The van der Waals surface area contributed by atoms with Crippen LogP contribution >= 0.6 is 23.2 Å². The Labute approximate surface area is 206 Å². The zero-order valence-electron chi connectivity index (χ0n) is 17.8. The van der Waals surface area contributed by atoms with E-state index >= 15 is 0 Å². The Kier molecular flexibility index (Phi) is 6.01. The Morgan fingerprint density at radius 3 is 2.59 bits per heavy atom. The number of rotatable bonds is 3. The summed E-state index contributed by atoms with van der Waals surface area (Å²) < 4.78 is 0. The number of anilines is 2. The van der Waals surface area contributed by atoms with Gasteiger partial charge in [0.15, 0.2) is 0 Å². The van der Waals surface area contributed by atoms with Gasteiger partial charge in [0, 0.05) is 34.6 Å². The molecule has 0 saturated heterocycles. The van der Waals surface area contributed by atoms with E-state index in [-0.39, 0.29) is 17.4 Å². The third kappa shape index (κ3) is 4.25. The molecular formula is C26H18Cl2N4O2. The second-order valence-electron chi connectivity index (χ2n) is 7.78. The van der Waals surface area contributed by atoms with Crippen LogP contribution in [0, 0.1) is 0 Å². The van der Waals surface area contributed by atoms with Gasteiger partial charge in [-0.3, -0.25) is 9.59 Å². The number of hydrogen-bond donors (Lipinski definition) is 1. The van der Waals surface area contributed by atoms with Gasteiger partial charge in [0.1, 0.15) is 6.33 Å². The van der Waals surface area contributed by atoms with Gasteiger partial charge in [0.2, 0.25) is 0 Å². The summed E-state index contributed by atoms with van der Waals surface area (Å²) in [5.41, 5.74) is 4.87. The Morgan fingerprint density at radius 1 is 0.971 bits per heavy atom. The maximum absolute atomic E-state index is 13.5. The van der Waals surface area contributed by atoms with Gasteiger partial charge in [-0.2, -0.15) is 0 Å². The number of halogens is 2. The second-order valence-corrected chi connectivity index (χ2v) is 8.62. The van der Waals surface area contributed by atoms with E-state index in [1.807, 2.05) is 24.3 Å². The molecule has 0 fully saturated rings. The van der Waals surface area contributed by atoms with Crippen molar-refractivity contribution >= 4 is 46.4 Å². The fraction of sp³-hybridized carbons (Fsp3) is 0.0769. The summed E-state index contributed by atoms with van der Waals surface area (Å²) in [5, 5.41) is 3.51. The molecule has 0 bridgehead atoms. The van der Waals surface area contributed by atoms with Crippen molar-refractivity contribution in [1.82, 2.24) is 9.97 Å². The number of carbonyl (C=O) groups excluding carboxylic acids is 2. The number of fused-ring (bicyclic) bond motifs is 3. The fourth-order valence-electron chi connectivity index (χ4n) is 3.98. The lowest BCUT2D eigenvalue weighted by Crippen LogP contribution is -2.32. The Balaban J connectivity index is 1.38. The summed E-state index contributed by atoms with van der Waals surface area (Å²) in [7, 11) is 0. The molecule has 4 aromatic rings. The van der Waals surface area contributed by atoms with Crippen molar-refractivity contribution in [3.63, 3.8) is 0 Å². The topological polar surface area (TPSA) is 75.2 Å². The van der Waals surface area contributed by atoms with Crippen LogP contribution in [0.3, 0.4) is 0 Å².